The second-order valence-corrected chi connectivity index (χ2v) is 7.59. The Balaban J connectivity index is 1.42. The van der Waals surface area contributed by atoms with E-state index >= 15 is 0 Å². The first kappa shape index (κ1) is 21.4. The zero-order chi connectivity index (χ0) is 23.7. The molecule has 0 radical (unpaired) electrons. The predicted octanol–water partition coefficient (Wildman–Crippen LogP) is 6.02. The molecule has 0 atom stereocenters. The summed E-state index contributed by atoms with van der Waals surface area (Å²) in [5.74, 6) is 0.198. The quantitative estimate of drug-likeness (QED) is 0.347. The highest BCUT2D eigenvalue weighted by Crippen LogP contribution is 2.32. The maximum Gasteiger partial charge on any atom is 0.416 e. The van der Waals surface area contributed by atoms with Gasteiger partial charge < -0.3 is 14.3 Å². The molecule has 0 fully saturated rings. The number of alkyl halides is 3. The first-order chi connectivity index (χ1) is 16.4. The second kappa shape index (κ2) is 8.51. The summed E-state index contributed by atoms with van der Waals surface area (Å²) in [5, 5.41) is 11.6. The molecule has 2 heterocycles. The predicted molar refractivity (Wildman–Crippen MR) is 121 cm³/mol. The van der Waals surface area contributed by atoms with Crippen molar-refractivity contribution >= 4 is 22.5 Å². The van der Waals surface area contributed by atoms with Crippen LogP contribution in [0.5, 0.6) is 0 Å². The Morgan fingerprint density at radius 1 is 0.912 bits per heavy atom. The van der Waals surface area contributed by atoms with Crippen LogP contribution < -0.4 is 5.32 Å². The Morgan fingerprint density at radius 2 is 1.65 bits per heavy atom. The summed E-state index contributed by atoms with van der Waals surface area (Å²) >= 11 is 0. The molecule has 9 heteroatoms. The number of amides is 1. The fourth-order valence-electron chi connectivity index (χ4n) is 3.71. The monoisotopic (exact) mass is 462 g/mol. The maximum absolute atomic E-state index is 13.0. The van der Waals surface area contributed by atoms with E-state index in [0.717, 1.165) is 28.6 Å². The molecule has 0 aliphatic carbocycles. The molecule has 3 aromatic carbocycles. The van der Waals surface area contributed by atoms with E-state index in [1.807, 2.05) is 54.6 Å². The molecule has 2 aromatic heterocycles. The smallest absolute Gasteiger partial charge is 0.416 e. The molecule has 0 bridgehead atoms. The van der Waals surface area contributed by atoms with E-state index in [-0.39, 0.29) is 12.2 Å². The van der Waals surface area contributed by atoms with Crippen molar-refractivity contribution in [2.24, 2.45) is 0 Å². The van der Waals surface area contributed by atoms with Gasteiger partial charge in [-0.2, -0.15) is 13.2 Å². The fourth-order valence-corrected chi connectivity index (χ4v) is 3.71. The number of rotatable bonds is 5. The molecular weight excluding hydrogens is 445 g/mol. The molecule has 170 valence electrons. The lowest BCUT2D eigenvalue weighted by molar-refractivity contribution is -0.137. The molecule has 1 amide bonds. The summed E-state index contributed by atoms with van der Waals surface area (Å²) in [6.45, 7) is -0.115. The number of nitrogens with one attached hydrogen (secondary N) is 1. The van der Waals surface area contributed by atoms with Gasteiger partial charge in [0, 0.05) is 28.4 Å². The van der Waals surface area contributed by atoms with Gasteiger partial charge in [-0.1, -0.05) is 42.5 Å². The van der Waals surface area contributed by atoms with Crippen LogP contribution in [0.2, 0.25) is 0 Å². The minimum atomic E-state index is -4.49. The van der Waals surface area contributed by atoms with Gasteiger partial charge in [0.05, 0.1) is 11.1 Å². The van der Waals surface area contributed by atoms with Crippen LogP contribution in [0.4, 0.5) is 18.9 Å². The van der Waals surface area contributed by atoms with E-state index in [4.69, 9.17) is 4.42 Å². The van der Waals surface area contributed by atoms with Crippen molar-refractivity contribution in [2.75, 3.05) is 5.32 Å². The minimum Gasteiger partial charge on any atom is -0.416 e. The first-order valence-electron chi connectivity index (χ1n) is 10.3. The third-order valence-electron chi connectivity index (χ3n) is 5.25. The molecule has 0 spiro atoms. The van der Waals surface area contributed by atoms with Crippen LogP contribution in [0.1, 0.15) is 5.56 Å². The summed E-state index contributed by atoms with van der Waals surface area (Å²) in [6, 6.07) is 21.3. The third-order valence-corrected chi connectivity index (χ3v) is 5.25. The average molecular weight is 462 g/mol. The maximum atomic E-state index is 13.0. The number of anilines is 1. The van der Waals surface area contributed by atoms with Crippen LogP contribution >= 0.6 is 0 Å². The first-order valence-corrected chi connectivity index (χ1v) is 10.3. The molecule has 0 aliphatic rings. The van der Waals surface area contributed by atoms with Crippen molar-refractivity contribution < 1.29 is 22.4 Å². The van der Waals surface area contributed by atoms with E-state index < -0.39 is 17.6 Å². The van der Waals surface area contributed by atoms with Gasteiger partial charge in [-0.15, -0.1) is 10.2 Å². The lowest BCUT2D eigenvalue weighted by atomic mass is 10.2. The largest absolute Gasteiger partial charge is 0.416 e. The number of nitrogens with zero attached hydrogens (tertiary/aromatic N) is 3. The molecule has 5 aromatic rings. The average Bonchev–Trinajstić information content (AvgIpc) is 3.45. The number of fused-ring (bicyclic) bond motifs is 1. The summed E-state index contributed by atoms with van der Waals surface area (Å²) in [6.07, 6.45) is -2.77. The van der Waals surface area contributed by atoms with Crippen LogP contribution in [-0.2, 0) is 17.5 Å². The van der Waals surface area contributed by atoms with Crippen molar-refractivity contribution in [3.63, 3.8) is 0 Å². The van der Waals surface area contributed by atoms with Crippen molar-refractivity contribution in [3.8, 4) is 22.9 Å². The van der Waals surface area contributed by atoms with Crippen molar-refractivity contribution in [2.45, 2.75) is 12.7 Å². The van der Waals surface area contributed by atoms with Crippen molar-refractivity contribution in [1.82, 2.24) is 14.8 Å². The summed E-state index contributed by atoms with van der Waals surface area (Å²) in [7, 11) is 0. The van der Waals surface area contributed by atoms with Gasteiger partial charge in [0.25, 0.3) is 0 Å². The van der Waals surface area contributed by atoms with Crippen molar-refractivity contribution in [3.05, 3.63) is 90.6 Å². The lowest BCUT2D eigenvalue weighted by Crippen LogP contribution is -2.18. The van der Waals surface area contributed by atoms with E-state index in [1.54, 1.807) is 10.8 Å². The molecule has 0 aliphatic heterocycles. The Bertz CT molecular complexity index is 1470. The van der Waals surface area contributed by atoms with E-state index in [1.165, 1.54) is 12.1 Å². The van der Waals surface area contributed by atoms with Gasteiger partial charge in [-0.3, -0.25) is 4.79 Å². The number of halogens is 3. The molecule has 5 rings (SSSR count). The minimum absolute atomic E-state index is 0.0703. The van der Waals surface area contributed by atoms with Gasteiger partial charge in [-0.05, 0) is 36.4 Å². The highest BCUT2D eigenvalue weighted by Gasteiger charge is 2.30. The zero-order valence-corrected chi connectivity index (χ0v) is 17.6. The topological polar surface area (TPSA) is 73.0 Å². The number of carbonyl (C=O) groups is 1. The number of para-hydroxylation sites is 1. The van der Waals surface area contributed by atoms with Crippen LogP contribution in [0, 0.1) is 0 Å². The molecular formula is C25H17F3N4O2. The zero-order valence-electron chi connectivity index (χ0n) is 17.6. The SMILES string of the molecule is O=C(Cn1cc(-c2nnc(-c3ccccc3)o2)c2ccccc21)Nc1cccc(C(F)(F)F)c1. The molecule has 0 saturated heterocycles. The van der Waals surface area contributed by atoms with Gasteiger partial charge in [0.1, 0.15) is 6.54 Å². The van der Waals surface area contributed by atoms with Crippen LogP contribution in [0.15, 0.2) is 89.5 Å². The van der Waals surface area contributed by atoms with Gasteiger partial charge in [-0.25, -0.2) is 0 Å². The van der Waals surface area contributed by atoms with Gasteiger partial charge >= 0.3 is 6.18 Å². The van der Waals surface area contributed by atoms with E-state index in [9.17, 15) is 18.0 Å². The van der Waals surface area contributed by atoms with Crippen LogP contribution in [-0.4, -0.2) is 20.7 Å². The normalized spacial score (nSPS) is 11.6. The number of carbonyl (C=O) groups excluding carboxylic acids is 1. The Morgan fingerprint density at radius 3 is 2.44 bits per heavy atom. The summed E-state index contributed by atoms with van der Waals surface area (Å²) in [4.78, 5) is 12.7. The Labute approximate surface area is 191 Å². The van der Waals surface area contributed by atoms with Crippen molar-refractivity contribution in [1.29, 1.82) is 0 Å². The van der Waals surface area contributed by atoms with Gasteiger partial charge in [0.15, 0.2) is 0 Å². The molecule has 0 saturated carbocycles. The molecule has 0 unspecified atom stereocenters. The Hall–Kier alpha value is -4.40. The fraction of sp³-hybridized carbons (Fsp3) is 0.0800. The molecule has 34 heavy (non-hydrogen) atoms. The highest BCUT2D eigenvalue weighted by molar-refractivity contribution is 5.96. The summed E-state index contributed by atoms with van der Waals surface area (Å²) < 4.78 is 46.5. The van der Waals surface area contributed by atoms with Gasteiger partial charge in [0.2, 0.25) is 17.7 Å². The third kappa shape index (κ3) is 4.27. The molecule has 6 nitrogen and oxygen atoms in total. The van der Waals surface area contributed by atoms with Crippen LogP contribution in [0.3, 0.4) is 0 Å². The number of aromatic nitrogens is 3. The molecule has 1 N–H and O–H groups in total. The second-order valence-electron chi connectivity index (χ2n) is 7.59. The highest BCUT2D eigenvalue weighted by atomic mass is 19.4. The van der Waals surface area contributed by atoms with Crippen LogP contribution in [0.25, 0.3) is 33.8 Å². The lowest BCUT2D eigenvalue weighted by Gasteiger charge is -2.10. The Kier molecular flexibility index (Phi) is 5.37. The van der Waals surface area contributed by atoms with E-state index in [0.29, 0.717) is 17.3 Å². The number of hydrogen-bond donors (Lipinski definition) is 1. The number of benzene rings is 3. The van der Waals surface area contributed by atoms with E-state index in [2.05, 4.69) is 15.5 Å². The standard InChI is InChI=1S/C25H17F3N4O2/c26-25(27,28)17-9-6-10-18(13-17)29-22(33)15-32-14-20(19-11-4-5-12-21(19)32)24-31-30-23(34-24)16-7-2-1-3-8-16/h1-14H,15H2,(H,29,33). The number of hydrogen-bond acceptors (Lipinski definition) is 4. The summed E-state index contributed by atoms with van der Waals surface area (Å²) in [5.41, 5.74) is 1.42.